The van der Waals surface area contributed by atoms with Gasteiger partial charge < -0.3 is 20.2 Å². The lowest BCUT2D eigenvalue weighted by atomic mass is 9.98. The Morgan fingerprint density at radius 2 is 1.62 bits per heavy atom. The first-order valence-corrected chi connectivity index (χ1v) is 12.7. The zero-order chi connectivity index (χ0) is 25.4. The molecule has 7 nitrogen and oxygen atoms in total. The van der Waals surface area contributed by atoms with Gasteiger partial charge in [0.15, 0.2) is 0 Å². The molecule has 186 valence electrons. The van der Waals surface area contributed by atoms with Crippen molar-refractivity contribution in [3.05, 3.63) is 85.2 Å². The topological polar surface area (TPSA) is 89.7 Å². The number of aromatic nitrogens is 4. The highest BCUT2D eigenvalue weighted by molar-refractivity contribution is 5.90. The van der Waals surface area contributed by atoms with Crippen molar-refractivity contribution < 1.29 is 4.79 Å². The zero-order valence-electron chi connectivity index (χ0n) is 21.0. The Bertz CT molecular complexity index is 1540. The molecule has 1 aliphatic heterocycles. The zero-order valence-corrected chi connectivity index (χ0v) is 21.0. The first-order chi connectivity index (χ1) is 18.1. The number of H-pyrrole nitrogens is 2. The van der Waals surface area contributed by atoms with E-state index in [4.69, 9.17) is 0 Å². The van der Waals surface area contributed by atoms with Gasteiger partial charge in [0, 0.05) is 11.6 Å². The summed E-state index contributed by atoms with van der Waals surface area (Å²) in [5.74, 6) is 0.977. The van der Waals surface area contributed by atoms with E-state index in [1.54, 1.807) is 13.4 Å². The molecule has 3 heterocycles. The highest BCUT2D eigenvalue weighted by Crippen LogP contribution is 2.36. The van der Waals surface area contributed by atoms with Gasteiger partial charge in [0.05, 0.1) is 42.7 Å². The first kappa shape index (κ1) is 23.2. The van der Waals surface area contributed by atoms with E-state index in [1.807, 2.05) is 17.3 Å². The van der Waals surface area contributed by atoms with Gasteiger partial charge in [0.25, 0.3) is 0 Å². The maximum atomic E-state index is 12.7. The van der Waals surface area contributed by atoms with Gasteiger partial charge in [-0.1, -0.05) is 48.5 Å². The molecule has 2 atom stereocenters. The Balaban J connectivity index is 1.22. The van der Waals surface area contributed by atoms with Gasteiger partial charge in [-0.2, -0.15) is 0 Å². The van der Waals surface area contributed by atoms with Crippen LogP contribution in [0.5, 0.6) is 0 Å². The van der Waals surface area contributed by atoms with Crippen LogP contribution in [0.4, 0.5) is 0 Å². The lowest BCUT2D eigenvalue weighted by Crippen LogP contribution is -2.40. The third kappa shape index (κ3) is 4.42. The summed E-state index contributed by atoms with van der Waals surface area (Å²) in [5.41, 5.74) is 6.53. The lowest BCUT2D eigenvalue weighted by molar-refractivity contribution is -0.133. The monoisotopic (exact) mass is 490 g/mol. The average Bonchev–Trinajstić information content (AvgIpc) is 3.69. The second kappa shape index (κ2) is 9.67. The molecular weight excluding hydrogens is 460 g/mol. The maximum Gasteiger partial charge on any atom is 0.237 e. The Labute approximate surface area is 216 Å². The number of hydrogen-bond donors (Lipinski definition) is 3. The fraction of sp³-hybridized carbons (Fsp3) is 0.233. The standard InChI is InChI=1S/C30H30N6O/c1-19-3-12-28(36(19)29(37)17-31-2)30-33-16-27(35-30)21-6-4-20(5-7-21)22-8-9-24-14-25(11-10-23(24)13-22)26-15-32-18-34-26/h4-11,13-16,18-19,28,31H,3,12,17H2,1-2H3,(H,32,34)(H,33,35)/t19-,28-/m0/s1. The van der Waals surface area contributed by atoms with Crippen molar-refractivity contribution in [3.8, 4) is 33.6 Å². The van der Waals surface area contributed by atoms with Crippen LogP contribution in [0, 0.1) is 0 Å². The summed E-state index contributed by atoms with van der Waals surface area (Å²) in [6, 6.07) is 21.8. The summed E-state index contributed by atoms with van der Waals surface area (Å²) in [6.07, 6.45) is 7.33. The number of amides is 1. The van der Waals surface area contributed by atoms with Crippen molar-refractivity contribution >= 4 is 16.7 Å². The molecule has 3 aromatic carbocycles. The number of nitrogens with one attached hydrogen (secondary N) is 3. The van der Waals surface area contributed by atoms with Crippen molar-refractivity contribution in [2.45, 2.75) is 31.8 Å². The molecule has 7 heteroatoms. The lowest BCUT2D eigenvalue weighted by Gasteiger charge is -2.27. The van der Waals surface area contributed by atoms with Gasteiger partial charge in [-0.3, -0.25) is 4.79 Å². The van der Waals surface area contributed by atoms with Crippen LogP contribution in [-0.4, -0.2) is 50.4 Å². The Morgan fingerprint density at radius 1 is 0.919 bits per heavy atom. The highest BCUT2D eigenvalue weighted by atomic mass is 16.2. The minimum Gasteiger partial charge on any atom is -0.345 e. The molecule has 0 bridgehead atoms. The van der Waals surface area contributed by atoms with E-state index in [0.717, 1.165) is 46.7 Å². The van der Waals surface area contributed by atoms with E-state index in [9.17, 15) is 4.79 Å². The van der Waals surface area contributed by atoms with Crippen LogP contribution in [0.1, 0.15) is 31.6 Å². The van der Waals surface area contributed by atoms with Crippen LogP contribution in [-0.2, 0) is 4.79 Å². The number of carbonyl (C=O) groups is 1. The van der Waals surface area contributed by atoms with E-state index in [-0.39, 0.29) is 18.0 Å². The second-order valence-corrected chi connectivity index (χ2v) is 9.77. The van der Waals surface area contributed by atoms with Crippen molar-refractivity contribution in [2.24, 2.45) is 0 Å². The van der Waals surface area contributed by atoms with Crippen LogP contribution in [0.3, 0.4) is 0 Å². The van der Waals surface area contributed by atoms with Crippen LogP contribution >= 0.6 is 0 Å². The van der Waals surface area contributed by atoms with Gasteiger partial charge in [-0.25, -0.2) is 9.97 Å². The van der Waals surface area contributed by atoms with Gasteiger partial charge >= 0.3 is 0 Å². The van der Waals surface area contributed by atoms with Crippen LogP contribution < -0.4 is 5.32 Å². The summed E-state index contributed by atoms with van der Waals surface area (Å²) in [7, 11) is 1.80. The molecule has 6 rings (SSSR count). The minimum atomic E-state index is -0.00439. The van der Waals surface area contributed by atoms with Crippen molar-refractivity contribution in [1.82, 2.24) is 30.2 Å². The van der Waals surface area contributed by atoms with E-state index < -0.39 is 0 Å². The number of carbonyl (C=O) groups excluding carboxylic acids is 1. The summed E-state index contributed by atoms with van der Waals surface area (Å²) in [4.78, 5) is 30.1. The number of benzene rings is 3. The van der Waals surface area contributed by atoms with Gasteiger partial charge in [-0.05, 0) is 66.4 Å². The number of likely N-dealkylation sites (tertiary alicyclic amines) is 1. The molecule has 1 saturated heterocycles. The molecule has 2 aromatic heterocycles. The number of rotatable bonds is 6. The van der Waals surface area contributed by atoms with E-state index in [0.29, 0.717) is 6.54 Å². The van der Waals surface area contributed by atoms with E-state index in [1.165, 1.54) is 16.3 Å². The highest BCUT2D eigenvalue weighted by Gasteiger charge is 2.36. The summed E-state index contributed by atoms with van der Waals surface area (Å²) >= 11 is 0. The number of fused-ring (bicyclic) bond motifs is 1. The third-order valence-electron chi connectivity index (χ3n) is 7.37. The molecular formula is C30H30N6O. The predicted octanol–water partition coefficient (Wildman–Crippen LogP) is 5.56. The largest absolute Gasteiger partial charge is 0.345 e. The molecule has 1 amide bonds. The molecule has 0 saturated carbocycles. The van der Waals surface area contributed by atoms with Gasteiger partial charge in [0.1, 0.15) is 5.82 Å². The summed E-state index contributed by atoms with van der Waals surface area (Å²) in [5, 5.41) is 5.37. The maximum absolute atomic E-state index is 12.7. The van der Waals surface area contributed by atoms with E-state index in [2.05, 4.69) is 92.8 Å². The Kier molecular flexibility index (Phi) is 6.06. The Morgan fingerprint density at radius 3 is 2.35 bits per heavy atom. The SMILES string of the molecule is CNCC(=O)N1[C@@H](C)CC[C@H]1c1ncc(-c2ccc(-c3ccc4cc(-c5cnc[nH]5)ccc4c3)cc2)[nH]1. The molecule has 1 aliphatic rings. The third-order valence-corrected chi connectivity index (χ3v) is 7.37. The molecule has 37 heavy (non-hydrogen) atoms. The summed E-state index contributed by atoms with van der Waals surface area (Å²) in [6.45, 7) is 2.46. The fourth-order valence-electron chi connectivity index (χ4n) is 5.42. The van der Waals surface area contributed by atoms with Gasteiger partial charge in [0.2, 0.25) is 5.91 Å². The minimum absolute atomic E-state index is 0.00439. The Hall–Kier alpha value is -4.23. The molecule has 0 radical (unpaired) electrons. The van der Waals surface area contributed by atoms with Crippen molar-refractivity contribution in [3.63, 3.8) is 0 Å². The number of nitrogens with zero attached hydrogens (tertiary/aromatic N) is 3. The number of aromatic amines is 2. The quantitative estimate of drug-likeness (QED) is 0.291. The normalized spacial score (nSPS) is 17.5. The van der Waals surface area contributed by atoms with Crippen LogP contribution in [0.2, 0.25) is 0 Å². The molecule has 1 fully saturated rings. The number of likely N-dealkylation sites (N-methyl/N-ethyl adjacent to an activating group) is 1. The molecule has 3 N–H and O–H groups in total. The van der Waals surface area contributed by atoms with Crippen LogP contribution in [0.25, 0.3) is 44.4 Å². The number of imidazole rings is 2. The molecule has 0 unspecified atom stereocenters. The summed E-state index contributed by atoms with van der Waals surface area (Å²) < 4.78 is 0. The van der Waals surface area contributed by atoms with E-state index >= 15 is 0 Å². The second-order valence-electron chi connectivity index (χ2n) is 9.77. The average molecular weight is 491 g/mol. The molecule has 0 spiro atoms. The van der Waals surface area contributed by atoms with Gasteiger partial charge in [-0.15, -0.1) is 0 Å². The predicted molar refractivity (Wildman–Crippen MR) is 147 cm³/mol. The smallest absolute Gasteiger partial charge is 0.237 e. The fourth-order valence-corrected chi connectivity index (χ4v) is 5.42. The molecule has 0 aliphatic carbocycles. The molecule has 5 aromatic rings. The first-order valence-electron chi connectivity index (χ1n) is 12.7. The van der Waals surface area contributed by atoms with Crippen molar-refractivity contribution in [2.75, 3.05) is 13.6 Å². The van der Waals surface area contributed by atoms with Crippen LogP contribution in [0.15, 0.2) is 79.4 Å². The van der Waals surface area contributed by atoms with Crippen molar-refractivity contribution in [1.29, 1.82) is 0 Å². The number of hydrogen-bond acceptors (Lipinski definition) is 4.